The van der Waals surface area contributed by atoms with Gasteiger partial charge in [0.05, 0.1) is 11.5 Å². The largest absolute Gasteiger partial charge is 0.395 e. The van der Waals surface area contributed by atoms with Gasteiger partial charge in [-0.3, -0.25) is 10.1 Å². The maximum atomic E-state index is 10.6. The Morgan fingerprint density at radius 3 is 2.56 bits per heavy atom. The van der Waals surface area contributed by atoms with Crippen molar-refractivity contribution < 1.29 is 10.0 Å². The lowest BCUT2D eigenvalue weighted by molar-refractivity contribution is -0.385. The second-order valence-electron chi connectivity index (χ2n) is 4.21. The van der Waals surface area contributed by atoms with Crippen LogP contribution in [0, 0.1) is 10.1 Å². The van der Waals surface area contributed by atoms with Crippen molar-refractivity contribution in [3.8, 4) is 0 Å². The van der Waals surface area contributed by atoms with E-state index in [0.717, 1.165) is 29.3 Å². The molecule has 1 aliphatic carbocycles. The van der Waals surface area contributed by atoms with Crippen LogP contribution in [0.15, 0.2) is 22.7 Å². The average molecular weight is 286 g/mol. The molecule has 1 N–H and O–H groups in total. The first-order valence-electron chi connectivity index (χ1n) is 5.14. The molecule has 0 radical (unpaired) electrons. The third-order valence-corrected chi connectivity index (χ3v) is 4.00. The van der Waals surface area contributed by atoms with E-state index in [2.05, 4.69) is 15.9 Å². The van der Waals surface area contributed by atoms with Crippen LogP contribution in [-0.4, -0.2) is 16.6 Å². The lowest BCUT2D eigenvalue weighted by Crippen LogP contribution is -2.38. The van der Waals surface area contributed by atoms with Gasteiger partial charge in [0, 0.05) is 22.0 Å². The number of rotatable bonds is 3. The molecule has 16 heavy (non-hydrogen) atoms. The summed E-state index contributed by atoms with van der Waals surface area (Å²) in [4.78, 5) is 10.2. The maximum Gasteiger partial charge on any atom is 0.270 e. The summed E-state index contributed by atoms with van der Waals surface area (Å²) >= 11 is 3.35. The number of aliphatic hydroxyl groups is 1. The molecule has 0 bridgehead atoms. The summed E-state index contributed by atoms with van der Waals surface area (Å²) in [7, 11) is 0. The smallest absolute Gasteiger partial charge is 0.270 e. The lowest BCUT2D eigenvalue weighted by atomic mass is 9.65. The van der Waals surface area contributed by atoms with Crippen LogP contribution >= 0.6 is 15.9 Å². The van der Waals surface area contributed by atoms with Gasteiger partial charge < -0.3 is 5.11 Å². The molecule has 2 rings (SSSR count). The monoisotopic (exact) mass is 285 g/mol. The molecule has 0 spiro atoms. The van der Waals surface area contributed by atoms with Crippen molar-refractivity contribution in [2.45, 2.75) is 24.7 Å². The zero-order valence-corrected chi connectivity index (χ0v) is 10.2. The SMILES string of the molecule is O=[N+]([O-])c1ccc(C2(CO)CCC2)c(Br)c1. The van der Waals surface area contributed by atoms with Gasteiger partial charge in [-0.05, 0) is 18.4 Å². The number of hydrogen-bond donors (Lipinski definition) is 1. The van der Waals surface area contributed by atoms with Crippen LogP contribution in [0.2, 0.25) is 0 Å². The summed E-state index contributed by atoms with van der Waals surface area (Å²) in [5.41, 5.74) is 0.864. The fourth-order valence-corrected chi connectivity index (χ4v) is 2.95. The van der Waals surface area contributed by atoms with E-state index in [9.17, 15) is 15.2 Å². The number of benzene rings is 1. The van der Waals surface area contributed by atoms with Crippen LogP contribution in [0.4, 0.5) is 5.69 Å². The average Bonchev–Trinajstić information content (AvgIpc) is 2.19. The first-order chi connectivity index (χ1) is 7.59. The number of nitrogens with zero attached hydrogens (tertiary/aromatic N) is 1. The Hall–Kier alpha value is -0.940. The first kappa shape index (κ1) is 11.5. The fraction of sp³-hybridized carbons (Fsp3) is 0.455. The highest BCUT2D eigenvalue weighted by Gasteiger charge is 2.39. The summed E-state index contributed by atoms with van der Waals surface area (Å²) in [6.45, 7) is 0.101. The molecule has 4 nitrogen and oxygen atoms in total. The molecule has 0 atom stereocenters. The molecular weight excluding hydrogens is 274 g/mol. The van der Waals surface area contributed by atoms with E-state index in [1.165, 1.54) is 12.1 Å². The normalized spacial score (nSPS) is 17.9. The fourth-order valence-electron chi connectivity index (χ4n) is 2.16. The molecule has 86 valence electrons. The predicted molar refractivity (Wildman–Crippen MR) is 63.4 cm³/mol. The summed E-state index contributed by atoms with van der Waals surface area (Å²) < 4.78 is 0.718. The van der Waals surface area contributed by atoms with E-state index in [4.69, 9.17) is 0 Å². The van der Waals surface area contributed by atoms with E-state index in [0.29, 0.717) is 0 Å². The molecule has 0 aliphatic heterocycles. The Morgan fingerprint density at radius 1 is 1.50 bits per heavy atom. The van der Waals surface area contributed by atoms with E-state index in [1.807, 2.05) is 0 Å². The molecule has 1 aliphatic rings. The minimum absolute atomic E-state index is 0.0723. The van der Waals surface area contributed by atoms with Crippen LogP contribution in [0.25, 0.3) is 0 Å². The standard InChI is InChI=1S/C11H12BrNO3/c12-10-6-8(13(15)16)2-3-9(10)11(7-14)4-1-5-11/h2-3,6,14H,1,4-5,7H2. The Bertz CT molecular complexity index is 424. The number of non-ortho nitro benzene ring substituents is 1. The van der Waals surface area contributed by atoms with Gasteiger partial charge >= 0.3 is 0 Å². The molecule has 5 heteroatoms. The highest BCUT2D eigenvalue weighted by molar-refractivity contribution is 9.10. The molecule has 1 saturated carbocycles. The van der Waals surface area contributed by atoms with Gasteiger partial charge in [-0.25, -0.2) is 0 Å². The first-order valence-corrected chi connectivity index (χ1v) is 5.94. The van der Waals surface area contributed by atoms with E-state index in [1.54, 1.807) is 6.07 Å². The zero-order chi connectivity index (χ0) is 11.8. The van der Waals surface area contributed by atoms with Crippen molar-refractivity contribution in [1.82, 2.24) is 0 Å². The topological polar surface area (TPSA) is 63.4 Å². The Labute approximate surface area is 102 Å². The number of nitro groups is 1. The van der Waals surface area contributed by atoms with Gasteiger partial charge in [-0.1, -0.05) is 28.4 Å². The summed E-state index contributed by atoms with van der Waals surface area (Å²) in [6.07, 6.45) is 2.99. The van der Waals surface area contributed by atoms with Gasteiger partial charge in [0.1, 0.15) is 0 Å². The zero-order valence-electron chi connectivity index (χ0n) is 8.65. The number of nitro benzene ring substituents is 1. The van der Waals surface area contributed by atoms with Crippen molar-refractivity contribution in [3.05, 3.63) is 38.3 Å². The van der Waals surface area contributed by atoms with Gasteiger partial charge in [-0.15, -0.1) is 0 Å². The molecule has 0 aromatic heterocycles. The lowest BCUT2D eigenvalue weighted by Gasteiger charge is -2.41. The van der Waals surface area contributed by atoms with Gasteiger partial charge in [-0.2, -0.15) is 0 Å². The van der Waals surface area contributed by atoms with E-state index < -0.39 is 4.92 Å². The van der Waals surface area contributed by atoms with Crippen LogP contribution in [0.1, 0.15) is 24.8 Å². The van der Waals surface area contributed by atoms with Crippen molar-refractivity contribution in [2.24, 2.45) is 0 Å². The van der Waals surface area contributed by atoms with Gasteiger partial charge in [0.15, 0.2) is 0 Å². The minimum atomic E-state index is -0.416. The minimum Gasteiger partial charge on any atom is -0.395 e. The van der Waals surface area contributed by atoms with Crippen molar-refractivity contribution in [3.63, 3.8) is 0 Å². The van der Waals surface area contributed by atoms with Crippen LogP contribution < -0.4 is 0 Å². The molecule has 0 heterocycles. The summed E-state index contributed by atoms with van der Waals surface area (Å²) in [5.74, 6) is 0. The third kappa shape index (κ3) is 1.74. The van der Waals surface area contributed by atoms with Gasteiger partial charge in [0.25, 0.3) is 5.69 Å². The van der Waals surface area contributed by atoms with Crippen molar-refractivity contribution >= 4 is 21.6 Å². The molecule has 1 aromatic carbocycles. The number of aliphatic hydroxyl groups excluding tert-OH is 1. The second-order valence-corrected chi connectivity index (χ2v) is 5.07. The Kier molecular flexibility index (Phi) is 2.99. The Morgan fingerprint density at radius 2 is 2.19 bits per heavy atom. The molecule has 1 fully saturated rings. The van der Waals surface area contributed by atoms with Crippen LogP contribution in [-0.2, 0) is 5.41 Å². The highest BCUT2D eigenvalue weighted by atomic mass is 79.9. The van der Waals surface area contributed by atoms with E-state index >= 15 is 0 Å². The Balaban J connectivity index is 2.39. The second kappa shape index (κ2) is 4.14. The van der Waals surface area contributed by atoms with E-state index in [-0.39, 0.29) is 17.7 Å². The van der Waals surface area contributed by atoms with Crippen molar-refractivity contribution in [2.75, 3.05) is 6.61 Å². The molecular formula is C11H12BrNO3. The molecule has 1 aromatic rings. The highest BCUT2D eigenvalue weighted by Crippen LogP contribution is 2.46. The molecule has 0 amide bonds. The van der Waals surface area contributed by atoms with Crippen LogP contribution in [0.3, 0.4) is 0 Å². The maximum absolute atomic E-state index is 10.6. The van der Waals surface area contributed by atoms with Crippen LogP contribution in [0.5, 0.6) is 0 Å². The van der Waals surface area contributed by atoms with Crippen molar-refractivity contribution in [1.29, 1.82) is 0 Å². The molecule has 0 saturated heterocycles. The predicted octanol–water partition coefficient (Wildman–Crippen LogP) is 2.77. The third-order valence-electron chi connectivity index (χ3n) is 3.35. The molecule has 0 unspecified atom stereocenters. The number of hydrogen-bond acceptors (Lipinski definition) is 3. The summed E-state index contributed by atoms with van der Waals surface area (Å²) in [6, 6.07) is 4.75. The van der Waals surface area contributed by atoms with Gasteiger partial charge in [0.2, 0.25) is 0 Å². The number of halogens is 1. The quantitative estimate of drug-likeness (QED) is 0.686. The summed E-state index contributed by atoms with van der Waals surface area (Å²) in [5, 5.41) is 20.0.